The van der Waals surface area contributed by atoms with E-state index in [2.05, 4.69) is 48.3 Å². The number of halogens is 2. The van der Waals surface area contributed by atoms with Crippen LogP contribution in [0.2, 0.25) is 0 Å². The van der Waals surface area contributed by atoms with Crippen molar-refractivity contribution in [2.45, 2.75) is 12.5 Å². The standard InChI is InChI=1S/C11H10Br2N2S/c12-8-1-7(4-15-5-8)11(14)3-10-2-9(13)6-16-10/h1-2,4-6,11H,3,14H2. The first-order valence-electron chi connectivity index (χ1n) is 4.74. The third kappa shape index (κ3) is 3.13. The summed E-state index contributed by atoms with van der Waals surface area (Å²) in [6.07, 6.45) is 4.42. The topological polar surface area (TPSA) is 38.9 Å². The zero-order chi connectivity index (χ0) is 11.5. The molecule has 0 amide bonds. The third-order valence-corrected chi connectivity index (χ3v) is 4.35. The molecule has 0 saturated heterocycles. The van der Waals surface area contributed by atoms with Crippen molar-refractivity contribution in [2.75, 3.05) is 0 Å². The fourth-order valence-corrected chi connectivity index (χ4v) is 3.32. The highest BCUT2D eigenvalue weighted by atomic mass is 79.9. The first-order valence-corrected chi connectivity index (χ1v) is 7.20. The molecule has 1 atom stereocenters. The van der Waals surface area contributed by atoms with E-state index in [4.69, 9.17) is 5.73 Å². The van der Waals surface area contributed by atoms with Gasteiger partial charge in [0.1, 0.15) is 0 Å². The second kappa shape index (κ2) is 5.40. The summed E-state index contributed by atoms with van der Waals surface area (Å²) >= 11 is 8.55. The van der Waals surface area contributed by atoms with Gasteiger partial charge in [0, 0.05) is 44.1 Å². The van der Waals surface area contributed by atoms with Crippen molar-refractivity contribution < 1.29 is 0 Å². The molecule has 2 heterocycles. The Bertz CT molecular complexity index is 484. The molecule has 2 aromatic heterocycles. The van der Waals surface area contributed by atoms with Gasteiger partial charge in [-0.25, -0.2) is 0 Å². The summed E-state index contributed by atoms with van der Waals surface area (Å²) in [4.78, 5) is 5.40. The van der Waals surface area contributed by atoms with Crippen LogP contribution in [0.3, 0.4) is 0 Å². The van der Waals surface area contributed by atoms with Gasteiger partial charge >= 0.3 is 0 Å². The minimum atomic E-state index is -0.00412. The lowest BCUT2D eigenvalue weighted by atomic mass is 10.1. The van der Waals surface area contributed by atoms with Crippen molar-refractivity contribution in [3.63, 3.8) is 0 Å². The SMILES string of the molecule is NC(Cc1cc(Br)cs1)c1cncc(Br)c1. The van der Waals surface area contributed by atoms with Crippen LogP contribution in [-0.2, 0) is 6.42 Å². The molecule has 0 aliphatic heterocycles. The molecule has 16 heavy (non-hydrogen) atoms. The van der Waals surface area contributed by atoms with Crippen LogP contribution < -0.4 is 5.73 Å². The van der Waals surface area contributed by atoms with Crippen LogP contribution in [0.4, 0.5) is 0 Å². The van der Waals surface area contributed by atoms with E-state index in [1.54, 1.807) is 17.5 Å². The van der Waals surface area contributed by atoms with Gasteiger partial charge < -0.3 is 5.73 Å². The van der Waals surface area contributed by atoms with E-state index < -0.39 is 0 Å². The number of pyridine rings is 1. The minimum Gasteiger partial charge on any atom is -0.324 e. The number of nitrogens with two attached hydrogens (primary N) is 1. The van der Waals surface area contributed by atoms with Crippen molar-refractivity contribution in [3.05, 3.63) is 49.3 Å². The Labute approximate surface area is 115 Å². The van der Waals surface area contributed by atoms with E-state index in [1.165, 1.54) is 4.88 Å². The van der Waals surface area contributed by atoms with E-state index in [0.29, 0.717) is 0 Å². The first-order chi connectivity index (χ1) is 7.65. The van der Waals surface area contributed by atoms with Crippen molar-refractivity contribution in [2.24, 2.45) is 5.73 Å². The predicted molar refractivity (Wildman–Crippen MR) is 74.6 cm³/mol. The van der Waals surface area contributed by atoms with Crippen LogP contribution in [-0.4, -0.2) is 4.98 Å². The summed E-state index contributed by atoms with van der Waals surface area (Å²) in [6, 6.07) is 4.12. The third-order valence-electron chi connectivity index (χ3n) is 2.20. The molecule has 0 radical (unpaired) electrons. The van der Waals surface area contributed by atoms with Crippen LogP contribution in [0.25, 0.3) is 0 Å². The van der Waals surface area contributed by atoms with Crippen molar-refractivity contribution in [1.29, 1.82) is 0 Å². The molecule has 5 heteroatoms. The van der Waals surface area contributed by atoms with E-state index in [-0.39, 0.29) is 6.04 Å². The average molecular weight is 362 g/mol. The molecule has 2 nitrogen and oxygen atoms in total. The monoisotopic (exact) mass is 360 g/mol. The quantitative estimate of drug-likeness (QED) is 0.899. The molecule has 0 bridgehead atoms. The number of hydrogen-bond acceptors (Lipinski definition) is 3. The lowest BCUT2D eigenvalue weighted by molar-refractivity contribution is 0.725. The maximum atomic E-state index is 6.14. The van der Waals surface area contributed by atoms with Gasteiger partial charge in [-0.3, -0.25) is 4.98 Å². The number of thiophene rings is 1. The summed E-state index contributed by atoms with van der Waals surface area (Å²) in [5, 5.41) is 2.07. The Morgan fingerprint density at radius 3 is 2.69 bits per heavy atom. The van der Waals surface area contributed by atoms with E-state index in [9.17, 15) is 0 Å². The molecule has 2 aromatic rings. The largest absolute Gasteiger partial charge is 0.324 e. The van der Waals surface area contributed by atoms with Crippen molar-refractivity contribution in [1.82, 2.24) is 4.98 Å². The van der Waals surface area contributed by atoms with E-state index in [0.717, 1.165) is 20.9 Å². The number of nitrogens with zero attached hydrogens (tertiary/aromatic N) is 1. The van der Waals surface area contributed by atoms with Gasteiger partial charge in [0.2, 0.25) is 0 Å². The summed E-state index contributed by atoms with van der Waals surface area (Å²) in [5.41, 5.74) is 7.19. The Balaban J connectivity index is 2.11. The first kappa shape index (κ1) is 12.2. The molecule has 1 unspecified atom stereocenters. The van der Waals surface area contributed by atoms with Gasteiger partial charge in [-0.2, -0.15) is 0 Å². The molecule has 0 fully saturated rings. The van der Waals surface area contributed by atoms with Crippen LogP contribution in [0.15, 0.2) is 38.9 Å². The van der Waals surface area contributed by atoms with Crippen LogP contribution in [0, 0.1) is 0 Å². The fourth-order valence-electron chi connectivity index (χ4n) is 1.43. The van der Waals surface area contributed by atoms with Crippen molar-refractivity contribution >= 4 is 43.2 Å². The van der Waals surface area contributed by atoms with Crippen LogP contribution >= 0.6 is 43.2 Å². The van der Waals surface area contributed by atoms with Gasteiger partial charge in [-0.1, -0.05) is 0 Å². The number of hydrogen-bond donors (Lipinski definition) is 1. The zero-order valence-corrected chi connectivity index (χ0v) is 12.3. The molecule has 0 aromatic carbocycles. The Morgan fingerprint density at radius 2 is 2.06 bits per heavy atom. The Hall–Kier alpha value is -0.230. The molecule has 2 N–H and O–H groups in total. The summed E-state index contributed by atoms with van der Waals surface area (Å²) in [6.45, 7) is 0. The van der Waals surface area contributed by atoms with Crippen LogP contribution in [0.1, 0.15) is 16.5 Å². The normalized spacial score (nSPS) is 12.7. The lowest BCUT2D eigenvalue weighted by Crippen LogP contribution is -2.12. The van der Waals surface area contributed by atoms with E-state index >= 15 is 0 Å². The summed E-state index contributed by atoms with van der Waals surface area (Å²) in [5.74, 6) is 0. The highest BCUT2D eigenvalue weighted by Crippen LogP contribution is 2.25. The maximum Gasteiger partial charge on any atom is 0.0410 e. The molecule has 0 aliphatic rings. The van der Waals surface area contributed by atoms with Gasteiger partial charge in [-0.05, 0) is 49.6 Å². The van der Waals surface area contributed by atoms with Gasteiger partial charge in [-0.15, -0.1) is 11.3 Å². The predicted octanol–water partition coefficient (Wildman–Crippen LogP) is 3.91. The van der Waals surface area contributed by atoms with Gasteiger partial charge in [0.15, 0.2) is 0 Å². The second-order valence-corrected chi connectivity index (χ2v) is 6.31. The fraction of sp³-hybridized carbons (Fsp3) is 0.182. The van der Waals surface area contributed by atoms with Crippen molar-refractivity contribution in [3.8, 4) is 0 Å². The maximum absolute atomic E-state index is 6.14. The Kier molecular flexibility index (Phi) is 4.13. The number of rotatable bonds is 3. The summed E-state index contributed by atoms with van der Waals surface area (Å²) in [7, 11) is 0. The van der Waals surface area contributed by atoms with E-state index in [1.807, 2.05) is 12.3 Å². The zero-order valence-electron chi connectivity index (χ0n) is 8.36. The van der Waals surface area contributed by atoms with Gasteiger partial charge in [0.05, 0.1) is 0 Å². The highest BCUT2D eigenvalue weighted by molar-refractivity contribution is 9.10. The smallest absolute Gasteiger partial charge is 0.0410 e. The van der Waals surface area contributed by atoms with Gasteiger partial charge in [0.25, 0.3) is 0 Å². The Morgan fingerprint density at radius 1 is 1.25 bits per heavy atom. The second-order valence-electron chi connectivity index (χ2n) is 3.48. The molecular formula is C11H10Br2N2S. The molecule has 0 spiro atoms. The molecule has 0 saturated carbocycles. The molecular weight excluding hydrogens is 352 g/mol. The molecule has 2 rings (SSSR count). The average Bonchev–Trinajstić information content (AvgIpc) is 2.64. The lowest BCUT2D eigenvalue weighted by Gasteiger charge is -2.10. The molecule has 84 valence electrons. The van der Waals surface area contributed by atoms with Crippen LogP contribution in [0.5, 0.6) is 0 Å². The highest BCUT2D eigenvalue weighted by Gasteiger charge is 2.09. The minimum absolute atomic E-state index is 0.00412. The summed E-state index contributed by atoms with van der Waals surface area (Å²) < 4.78 is 2.08. The molecule has 0 aliphatic carbocycles. The number of aromatic nitrogens is 1.